The molecule has 0 saturated heterocycles. The van der Waals surface area contributed by atoms with Gasteiger partial charge in [-0.15, -0.1) is 11.3 Å². The van der Waals surface area contributed by atoms with E-state index >= 15 is 0 Å². The first-order chi connectivity index (χ1) is 9.65. The first kappa shape index (κ1) is 18.2. The molecule has 1 atom stereocenters. The summed E-state index contributed by atoms with van der Waals surface area (Å²) in [5.41, 5.74) is 6.26. The van der Waals surface area contributed by atoms with Crippen LogP contribution in [0.3, 0.4) is 0 Å². The van der Waals surface area contributed by atoms with Gasteiger partial charge in [-0.2, -0.15) is 0 Å². The van der Waals surface area contributed by atoms with E-state index in [1.165, 1.54) is 72.0 Å². The number of hydrogen-bond acceptors (Lipinski definition) is 2. The fourth-order valence-electron chi connectivity index (χ4n) is 2.48. The normalized spacial score (nSPS) is 12.8. The molecule has 1 heterocycles. The van der Waals surface area contributed by atoms with Crippen LogP contribution in [0, 0.1) is 6.92 Å². The van der Waals surface area contributed by atoms with Crippen LogP contribution < -0.4 is 5.73 Å². The Morgan fingerprint density at radius 3 is 2.10 bits per heavy atom. The molecule has 0 aliphatic carbocycles. The van der Waals surface area contributed by atoms with Crippen molar-refractivity contribution in [2.45, 2.75) is 84.1 Å². The third-order valence-corrected chi connectivity index (χ3v) is 6.13. The quantitative estimate of drug-likeness (QED) is 0.435. The smallest absolute Gasteiger partial charge is 0.0390 e. The molecule has 3 heteroatoms. The van der Waals surface area contributed by atoms with E-state index in [1.807, 2.05) is 11.3 Å². The zero-order valence-corrected chi connectivity index (χ0v) is 15.5. The fraction of sp³-hybridized carbons (Fsp3) is 0.765. The highest BCUT2D eigenvalue weighted by Crippen LogP contribution is 2.31. The molecule has 1 aromatic heterocycles. The van der Waals surface area contributed by atoms with E-state index in [0.717, 1.165) is 6.42 Å². The molecular weight excluding hydrogens is 330 g/mol. The van der Waals surface area contributed by atoms with Crippen LogP contribution in [0.2, 0.25) is 0 Å². The van der Waals surface area contributed by atoms with E-state index in [1.54, 1.807) is 0 Å². The number of rotatable bonds is 11. The molecule has 20 heavy (non-hydrogen) atoms. The molecule has 1 unspecified atom stereocenters. The van der Waals surface area contributed by atoms with E-state index in [-0.39, 0.29) is 6.04 Å². The molecule has 0 radical (unpaired) electrons. The van der Waals surface area contributed by atoms with E-state index in [0.29, 0.717) is 0 Å². The number of nitrogens with two attached hydrogens (primary N) is 1. The second-order valence-corrected chi connectivity index (χ2v) is 7.92. The average Bonchev–Trinajstić information content (AvgIpc) is 2.77. The number of aryl methyl sites for hydroxylation is 1. The van der Waals surface area contributed by atoms with Crippen LogP contribution in [0.1, 0.15) is 86.9 Å². The van der Waals surface area contributed by atoms with Crippen LogP contribution in [0.4, 0.5) is 0 Å². The Bertz CT molecular complexity index is 342. The molecule has 0 fully saturated rings. The highest BCUT2D eigenvalue weighted by atomic mass is 79.9. The van der Waals surface area contributed by atoms with Crippen molar-refractivity contribution < 1.29 is 0 Å². The molecule has 0 bridgehead atoms. The molecule has 0 aromatic carbocycles. The maximum Gasteiger partial charge on any atom is 0.0390 e. The lowest BCUT2D eigenvalue weighted by Crippen LogP contribution is -2.08. The van der Waals surface area contributed by atoms with Gasteiger partial charge in [0.1, 0.15) is 0 Å². The fourth-order valence-corrected chi connectivity index (χ4v) is 4.08. The summed E-state index contributed by atoms with van der Waals surface area (Å²) >= 11 is 5.40. The second kappa shape index (κ2) is 10.8. The van der Waals surface area contributed by atoms with Crippen LogP contribution >= 0.6 is 27.3 Å². The summed E-state index contributed by atoms with van der Waals surface area (Å²) < 4.78 is 1.21. The van der Waals surface area contributed by atoms with Crippen molar-refractivity contribution in [3.8, 4) is 0 Å². The monoisotopic (exact) mass is 359 g/mol. The van der Waals surface area contributed by atoms with Crippen LogP contribution in [-0.2, 0) is 0 Å². The third kappa shape index (κ3) is 7.24. The first-order valence-corrected chi connectivity index (χ1v) is 9.77. The highest BCUT2D eigenvalue weighted by Gasteiger charge is 2.10. The molecule has 0 spiro atoms. The lowest BCUT2D eigenvalue weighted by molar-refractivity contribution is 0.535. The Balaban J connectivity index is 2.01. The molecule has 0 amide bonds. The summed E-state index contributed by atoms with van der Waals surface area (Å²) in [4.78, 5) is 2.66. The number of thiophene rings is 1. The molecule has 0 aliphatic rings. The zero-order chi connectivity index (χ0) is 14.8. The number of hydrogen-bond donors (Lipinski definition) is 1. The molecule has 1 aromatic rings. The topological polar surface area (TPSA) is 26.0 Å². The third-order valence-electron chi connectivity index (χ3n) is 3.86. The van der Waals surface area contributed by atoms with Crippen molar-refractivity contribution in [2.24, 2.45) is 5.73 Å². The summed E-state index contributed by atoms with van der Waals surface area (Å²) in [6.07, 6.45) is 13.5. The molecule has 116 valence electrons. The Hall–Kier alpha value is 0.140. The SMILES string of the molecule is CCCCCCCCCCCC(N)c1cc(Br)c(C)s1. The first-order valence-electron chi connectivity index (χ1n) is 8.16. The predicted molar refractivity (Wildman–Crippen MR) is 95.5 cm³/mol. The minimum Gasteiger partial charge on any atom is -0.323 e. The van der Waals surface area contributed by atoms with Crippen LogP contribution in [0.25, 0.3) is 0 Å². The maximum absolute atomic E-state index is 6.26. The van der Waals surface area contributed by atoms with Gasteiger partial charge in [0.2, 0.25) is 0 Å². The summed E-state index contributed by atoms with van der Waals surface area (Å²) in [5, 5.41) is 0. The van der Waals surface area contributed by atoms with Gasteiger partial charge >= 0.3 is 0 Å². The van der Waals surface area contributed by atoms with Gasteiger partial charge in [0.05, 0.1) is 0 Å². The van der Waals surface area contributed by atoms with Gasteiger partial charge in [0.25, 0.3) is 0 Å². The van der Waals surface area contributed by atoms with E-state index in [2.05, 4.69) is 35.8 Å². The minimum atomic E-state index is 0.231. The van der Waals surface area contributed by atoms with Crippen molar-refractivity contribution in [3.05, 3.63) is 20.3 Å². The van der Waals surface area contributed by atoms with Gasteiger partial charge in [0.15, 0.2) is 0 Å². The Labute approximate surface area is 137 Å². The molecule has 1 rings (SSSR count). The summed E-state index contributed by atoms with van der Waals surface area (Å²) in [6.45, 7) is 4.42. The van der Waals surface area contributed by atoms with Gasteiger partial charge in [0, 0.05) is 20.3 Å². The van der Waals surface area contributed by atoms with Gasteiger partial charge in [-0.25, -0.2) is 0 Å². The van der Waals surface area contributed by atoms with Crippen molar-refractivity contribution >= 4 is 27.3 Å². The molecule has 1 nitrogen and oxygen atoms in total. The standard InChI is InChI=1S/C17H30BrNS/c1-3-4-5-6-7-8-9-10-11-12-16(19)17-13-15(18)14(2)20-17/h13,16H,3-12,19H2,1-2H3. The molecule has 0 aliphatic heterocycles. The zero-order valence-electron chi connectivity index (χ0n) is 13.1. The predicted octanol–water partition coefficient (Wildman–Crippen LogP) is 6.74. The van der Waals surface area contributed by atoms with Crippen molar-refractivity contribution in [2.75, 3.05) is 0 Å². The van der Waals surface area contributed by atoms with E-state index in [9.17, 15) is 0 Å². The van der Waals surface area contributed by atoms with Gasteiger partial charge in [-0.05, 0) is 35.3 Å². The summed E-state index contributed by atoms with van der Waals surface area (Å²) in [5.74, 6) is 0. The van der Waals surface area contributed by atoms with Crippen LogP contribution in [0.5, 0.6) is 0 Å². The minimum absolute atomic E-state index is 0.231. The Morgan fingerprint density at radius 2 is 1.60 bits per heavy atom. The number of unbranched alkanes of at least 4 members (excludes halogenated alkanes) is 8. The summed E-state index contributed by atoms with van der Waals surface area (Å²) in [6, 6.07) is 2.42. The van der Waals surface area contributed by atoms with E-state index in [4.69, 9.17) is 5.73 Å². The molecule has 2 N–H and O–H groups in total. The van der Waals surface area contributed by atoms with Crippen molar-refractivity contribution in [1.82, 2.24) is 0 Å². The highest BCUT2D eigenvalue weighted by molar-refractivity contribution is 9.10. The Morgan fingerprint density at radius 1 is 1.05 bits per heavy atom. The lowest BCUT2D eigenvalue weighted by Gasteiger charge is -2.09. The molecule has 0 saturated carbocycles. The van der Waals surface area contributed by atoms with E-state index < -0.39 is 0 Å². The average molecular weight is 360 g/mol. The lowest BCUT2D eigenvalue weighted by atomic mass is 10.0. The Kier molecular flexibility index (Phi) is 9.83. The van der Waals surface area contributed by atoms with Crippen molar-refractivity contribution in [3.63, 3.8) is 0 Å². The second-order valence-electron chi connectivity index (χ2n) is 5.78. The summed E-state index contributed by atoms with van der Waals surface area (Å²) in [7, 11) is 0. The number of halogens is 1. The van der Waals surface area contributed by atoms with Crippen molar-refractivity contribution in [1.29, 1.82) is 0 Å². The maximum atomic E-state index is 6.26. The largest absolute Gasteiger partial charge is 0.323 e. The van der Waals surface area contributed by atoms with Gasteiger partial charge < -0.3 is 5.73 Å². The van der Waals surface area contributed by atoms with Crippen LogP contribution in [0.15, 0.2) is 10.5 Å². The van der Waals surface area contributed by atoms with Gasteiger partial charge in [-0.1, -0.05) is 64.7 Å². The van der Waals surface area contributed by atoms with Gasteiger partial charge in [-0.3, -0.25) is 0 Å². The molecular formula is C17H30BrNS. The van der Waals surface area contributed by atoms with Crippen LogP contribution in [-0.4, -0.2) is 0 Å².